The van der Waals surface area contributed by atoms with Gasteiger partial charge in [-0.2, -0.15) is 5.10 Å². The fourth-order valence-corrected chi connectivity index (χ4v) is 2.90. The van der Waals surface area contributed by atoms with Crippen LogP contribution in [0.2, 0.25) is 0 Å². The molecule has 0 aliphatic carbocycles. The zero-order chi connectivity index (χ0) is 14.0. The minimum absolute atomic E-state index is 0.133. The molecule has 0 saturated heterocycles. The molecule has 1 aromatic carbocycles. The number of hydrogen-bond acceptors (Lipinski definition) is 4. The number of anilines is 1. The SMILES string of the molecule is Cc1c(N)cccc1CNS(=O)(=O)c1ccnn1C. The number of aromatic nitrogens is 2. The summed E-state index contributed by atoms with van der Waals surface area (Å²) in [6, 6.07) is 6.89. The van der Waals surface area contributed by atoms with Gasteiger partial charge in [0.25, 0.3) is 10.0 Å². The summed E-state index contributed by atoms with van der Waals surface area (Å²) in [5.41, 5.74) is 8.17. The summed E-state index contributed by atoms with van der Waals surface area (Å²) in [5.74, 6) is 0. The Morgan fingerprint density at radius 2 is 2.11 bits per heavy atom. The van der Waals surface area contributed by atoms with Gasteiger partial charge in [-0.3, -0.25) is 4.68 Å². The molecule has 0 aliphatic heterocycles. The third-order valence-electron chi connectivity index (χ3n) is 2.99. The molecule has 3 N–H and O–H groups in total. The lowest BCUT2D eigenvalue weighted by Crippen LogP contribution is -2.25. The van der Waals surface area contributed by atoms with Crippen molar-refractivity contribution in [1.82, 2.24) is 14.5 Å². The number of sulfonamides is 1. The molecule has 7 heteroatoms. The maximum absolute atomic E-state index is 12.1. The lowest BCUT2D eigenvalue weighted by Gasteiger charge is -2.10. The molecular formula is C12H16N4O2S. The molecule has 19 heavy (non-hydrogen) atoms. The number of hydrogen-bond donors (Lipinski definition) is 2. The lowest BCUT2D eigenvalue weighted by atomic mass is 10.1. The van der Waals surface area contributed by atoms with Crippen LogP contribution in [0.1, 0.15) is 11.1 Å². The molecule has 102 valence electrons. The Bertz CT molecular complexity index is 692. The quantitative estimate of drug-likeness (QED) is 0.810. The van der Waals surface area contributed by atoms with E-state index in [2.05, 4.69) is 9.82 Å². The number of aryl methyl sites for hydroxylation is 1. The van der Waals surface area contributed by atoms with Gasteiger partial charge < -0.3 is 5.73 Å². The average Bonchev–Trinajstić information content (AvgIpc) is 2.78. The van der Waals surface area contributed by atoms with E-state index in [1.54, 1.807) is 19.2 Å². The Morgan fingerprint density at radius 1 is 1.37 bits per heavy atom. The van der Waals surface area contributed by atoms with E-state index in [0.717, 1.165) is 11.1 Å². The standard InChI is InChI=1S/C12H16N4O2S/c1-9-10(4-3-5-11(9)13)8-15-19(17,18)12-6-7-14-16(12)2/h3-7,15H,8,13H2,1-2H3. The molecule has 0 fully saturated rings. The summed E-state index contributed by atoms with van der Waals surface area (Å²) in [6.45, 7) is 2.06. The number of benzene rings is 1. The van der Waals surface area contributed by atoms with E-state index in [4.69, 9.17) is 5.73 Å². The highest BCUT2D eigenvalue weighted by atomic mass is 32.2. The molecule has 0 radical (unpaired) electrons. The summed E-state index contributed by atoms with van der Waals surface area (Å²) in [7, 11) is -1.98. The van der Waals surface area contributed by atoms with Crippen molar-refractivity contribution in [1.29, 1.82) is 0 Å². The molecule has 0 saturated carbocycles. The predicted octanol–water partition coefficient (Wildman–Crippen LogP) is 0.789. The van der Waals surface area contributed by atoms with Crippen molar-refractivity contribution in [3.63, 3.8) is 0 Å². The lowest BCUT2D eigenvalue weighted by molar-refractivity contribution is 0.562. The van der Waals surface area contributed by atoms with Gasteiger partial charge >= 0.3 is 0 Å². The first-order chi connectivity index (χ1) is 8.92. The molecule has 2 aromatic rings. The van der Waals surface area contributed by atoms with E-state index in [-0.39, 0.29) is 11.6 Å². The van der Waals surface area contributed by atoms with Crippen LogP contribution in [0.4, 0.5) is 5.69 Å². The number of nitrogens with one attached hydrogen (secondary N) is 1. The average molecular weight is 280 g/mol. The zero-order valence-electron chi connectivity index (χ0n) is 10.8. The Morgan fingerprint density at radius 3 is 2.74 bits per heavy atom. The maximum atomic E-state index is 12.1. The number of rotatable bonds is 4. The first-order valence-corrected chi connectivity index (χ1v) is 7.22. The van der Waals surface area contributed by atoms with Gasteiger partial charge in [0.2, 0.25) is 0 Å². The van der Waals surface area contributed by atoms with E-state index < -0.39 is 10.0 Å². The van der Waals surface area contributed by atoms with Crippen molar-refractivity contribution in [2.75, 3.05) is 5.73 Å². The zero-order valence-corrected chi connectivity index (χ0v) is 11.6. The van der Waals surface area contributed by atoms with Crippen LogP contribution in [0.5, 0.6) is 0 Å². The summed E-state index contributed by atoms with van der Waals surface area (Å²) in [5, 5.41) is 3.98. The maximum Gasteiger partial charge on any atom is 0.258 e. The number of nitrogen functional groups attached to an aromatic ring is 1. The van der Waals surface area contributed by atoms with Crippen molar-refractivity contribution in [2.45, 2.75) is 18.5 Å². The van der Waals surface area contributed by atoms with Crippen LogP contribution in [0.25, 0.3) is 0 Å². The third-order valence-corrected chi connectivity index (χ3v) is 4.47. The summed E-state index contributed by atoms with van der Waals surface area (Å²) in [6.07, 6.45) is 1.44. The van der Waals surface area contributed by atoms with Gasteiger partial charge in [0, 0.05) is 19.3 Å². The van der Waals surface area contributed by atoms with Gasteiger partial charge in [-0.1, -0.05) is 12.1 Å². The van der Waals surface area contributed by atoms with Crippen molar-refractivity contribution in [3.8, 4) is 0 Å². The third kappa shape index (κ3) is 2.77. The minimum Gasteiger partial charge on any atom is -0.399 e. The normalized spacial score (nSPS) is 11.7. The fraction of sp³-hybridized carbons (Fsp3) is 0.250. The van der Waals surface area contributed by atoms with Gasteiger partial charge in [-0.25, -0.2) is 13.1 Å². The van der Waals surface area contributed by atoms with E-state index in [1.807, 2.05) is 13.0 Å². The molecular weight excluding hydrogens is 264 g/mol. The van der Waals surface area contributed by atoms with E-state index >= 15 is 0 Å². The molecule has 0 spiro atoms. The first-order valence-electron chi connectivity index (χ1n) is 5.73. The highest BCUT2D eigenvalue weighted by molar-refractivity contribution is 7.89. The molecule has 0 aliphatic rings. The molecule has 0 atom stereocenters. The van der Waals surface area contributed by atoms with Crippen LogP contribution in [0.3, 0.4) is 0 Å². The summed E-state index contributed by atoms with van der Waals surface area (Å²) < 4.78 is 28.0. The molecule has 0 unspecified atom stereocenters. The molecule has 0 bridgehead atoms. The minimum atomic E-state index is -3.57. The molecule has 1 aromatic heterocycles. The van der Waals surface area contributed by atoms with Crippen molar-refractivity contribution in [2.24, 2.45) is 7.05 Å². The fourth-order valence-electron chi connectivity index (χ4n) is 1.77. The first kappa shape index (κ1) is 13.6. The molecule has 6 nitrogen and oxygen atoms in total. The predicted molar refractivity (Wildman–Crippen MR) is 72.8 cm³/mol. The van der Waals surface area contributed by atoms with Crippen LogP contribution in [-0.2, 0) is 23.6 Å². The largest absolute Gasteiger partial charge is 0.399 e. The number of nitrogens with two attached hydrogens (primary N) is 1. The van der Waals surface area contributed by atoms with Crippen LogP contribution < -0.4 is 10.5 Å². The molecule has 2 rings (SSSR count). The van der Waals surface area contributed by atoms with Gasteiger partial charge in [0.15, 0.2) is 5.03 Å². The summed E-state index contributed by atoms with van der Waals surface area (Å²) >= 11 is 0. The monoisotopic (exact) mass is 280 g/mol. The van der Waals surface area contributed by atoms with Gasteiger partial charge in [-0.05, 0) is 30.2 Å². The number of nitrogens with zero attached hydrogens (tertiary/aromatic N) is 2. The Kier molecular flexibility index (Phi) is 3.59. The van der Waals surface area contributed by atoms with E-state index in [9.17, 15) is 8.42 Å². The molecule has 0 amide bonds. The highest BCUT2D eigenvalue weighted by Crippen LogP contribution is 2.16. The van der Waals surface area contributed by atoms with Crippen molar-refractivity contribution < 1.29 is 8.42 Å². The van der Waals surface area contributed by atoms with Gasteiger partial charge in [0.1, 0.15) is 0 Å². The molecule has 1 heterocycles. The van der Waals surface area contributed by atoms with Crippen LogP contribution >= 0.6 is 0 Å². The smallest absolute Gasteiger partial charge is 0.258 e. The second kappa shape index (κ2) is 5.02. The highest BCUT2D eigenvalue weighted by Gasteiger charge is 2.17. The summed E-state index contributed by atoms with van der Waals surface area (Å²) in [4.78, 5) is 0. The van der Waals surface area contributed by atoms with Crippen molar-refractivity contribution in [3.05, 3.63) is 41.6 Å². The van der Waals surface area contributed by atoms with Crippen LogP contribution in [0, 0.1) is 6.92 Å². The van der Waals surface area contributed by atoms with Crippen LogP contribution in [-0.4, -0.2) is 18.2 Å². The topological polar surface area (TPSA) is 90.0 Å². The van der Waals surface area contributed by atoms with Crippen molar-refractivity contribution >= 4 is 15.7 Å². The van der Waals surface area contributed by atoms with Crippen LogP contribution in [0.15, 0.2) is 35.5 Å². The Labute approximate surface area is 112 Å². The van der Waals surface area contributed by atoms with Gasteiger partial charge in [-0.15, -0.1) is 0 Å². The van der Waals surface area contributed by atoms with E-state index in [1.165, 1.54) is 16.9 Å². The Balaban J connectivity index is 2.19. The van der Waals surface area contributed by atoms with Gasteiger partial charge in [0.05, 0.1) is 6.20 Å². The Hall–Kier alpha value is -1.86. The van der Waals surface area contributed by atoms with E-state index in [0.29, 0.717) is 5.69 Å². The second-order valence-corrected chi connectivity index (χ2v) is 5.96. The second-order valence-electron chi connectivity index (χ2n) is 4.25.